The van der Waals surface area contributed by atoms with E-state index in [1.165, 1.54) is 12.4 Å². The van der Waals surface area contributed by atoms with Crippen LogP contribution in [-0.2, 0) is 6.18 Å². The zero-order valence-corrected chi connectivity index (χ0v) is 16.5. The second kappa shape index (κ2) is 7.88. The molecule has 0 aromatic carbocycles. The van der Waals surface area contributed by atoms with Crippen LogP contribution < -0.4 is 9.80 Å². The van der Waals surface area contributed by atoms with Crippen molar-refractivity contribution in [2.45, 2.75) is 24.9 Å². The van der Waals surface area contributed by atoms with E-state index in [0.29, 0.717) is 30.5 Å². The highest BCUT2D eigenvalue weighted by molar-refractivity contribution is 5.57. The summed E-state index contributed by atoms with van der Waals surface area (Å²) in [7, 11) is 3.62. The Balaban J connectivity index is 1.66. The number of halogens is 3. The van der Waals surface area contributed by atoms with Crippen LogP contribution in [0.1, 0.15) is 30.3 Å². The fraction of sp³-hybridized carbons (Fsp3) is 0.421. The Bertz CT molecular complexity index is 1010. The number of rotatable bonds is 4. The predicted molar refractivity (Wildman–Crippen MR) is 103 cm³/mol. The van der Waals surface area contributed by atoms with Gasteiger partial charge in [0.2, 0.25) is 5.89 Å². The van der Waals surface area contributed by atoms with E-state index in [-0.39, 0.29) is 17.6 Å². The summed E-state index contributed by atoms with van der Waals surface area (Å²) >= 11 is 0. The largest absolute Gasteiger partial charge is 0.433 e. The molecular formula is C19H20F3N7O. The van der Waals surface area contributed by atoms with Crippen molar-refractivity contribution in [3.05, 3.63) is 42.2 Å². The van der Waals surface area contributed by atoms with Gasteiger partial charge in [-0.05, 0) is 30.1 Å². The van der Waals surface area contributed by atoms with Crippen LogP contribution in [0, 0.1) is 0 Å². The molecule has 0 N–H and O–H groups in total. The molecule has 3 aromatic rings. The van der Waals surface area contributed by atoms with Gasteiger partial charge in [0, 0.05) is 51.2 Å². The molecule has 158 valence electrons. The molecule has 1 aliphatic rings. The highest BCUT2D eigenvalue weighted by Gasteiger charge is 2.35. The summed E-state index contributed by atoms with van der Waals surface area (Å²) in [5.74, 6) is 1.08. The monoisotopic (exact) mass is 419 g/mol. The standard InChI is InChI=1S/C19H20F3N7O/c1-28(2)18-26-17(30-27-18)13-4-3-9-29(11-13)15-10-14(19(20,21)22)24-16(25-15)12-5-7-23-8-6-12/h5-8,10,13H,3-4,9,11H2,1-2H3. The second-order valence-corrected chi connectivity index (χ2v) is 7.28. The number of hydrogen-bond donors (Lipinski definition) is 0. The van der Waals surface area contributed by atoms with Crippen molar-refractivity contribution in [1.29, 1.82) is 0 Å². The molecule has 0 aliphatic carbocycles. The third-order valence-corrected chi connectivity index (χ3v) is 4.87. The summed E-state index contributed by atoms with van der Waals surface area (Å²) in [4.78, 5) is 20.0. The maximum Gasteiger partial charge on any atom is 0.433 e. The van der Waals surface area contributed by atoms with Crippen molar-refractivity contribution >= 4 is 11.8 Å². The molecule has 1 unspecified atom stereocenters. The summed E-state index contributed by atoms with van der Waals surface area (Å²) < 4.78 is 45.8. The first-order valence-electron chi connectivity index (χ1n) is 9.44. The average Bonchev–Trinajstić information content (AvgIpc) is 3.24. The van der Waals surface area contributed by atoms with Crippen LogP contribution in [0.15, 0.2) is 35.1 Å². The minimum atomic E-state index is -4.58. The third kappa shape index (κ3) is 4.19. The van der Waals surface area contributed by atoms with Crippen LogP contribution in [0.3, 0.4) is 0 Å². The summed E-state index contributed by atoms with van der Waals surface area (Å²) in [5, 5.41) is 3.93. The Morgan fingerprint density at radius 1 is 1.13 bits per heavy atom. The minimum Gasteiger partial charge on any atom is -0.356 e. The van der Waals surface area contributed by atoms with Crippen molar-refractivity contribution in [2.24, 2.45) is 0 Å². The molecule has 4 rings (SSSR count). The zero-order chi connectivity index (χ0) is 21.3. The van der Waals surface area contributed by atoms with Gasteiger partial charge < -0.3 is 14.3 Å². The Hall–Kier alpha value is -3.24. The molecule has 0 saturated carbocycles. The van der Waals surface area contributed by atoms with Crippen LogP contribution in [0.5, 0.6) is 0 Å². The van der Waals surface area contributed by atoms with Gasteiger partial charge in [0.15, 0.2) is 11.5 Å². The first-order valence-corrected chi connectivity index (χ1v) is 9.44. The first kappa shape index (κ1) is 20.0. The average molecular weight is 419 g/mol. The predicted octanol–water partition coefficient (Wildman–Crippen LogP) is 3.39. The van der Waals surface area contributed by atoms with Crippen molar-refractivity contribution in [3.63, 3.8) is 0 Å². The fourth-order valence-corrected chi connectivity index (χ4v) is 3.33. The summed E-state index contributed by atoms with van der Waals surface area (Å²) in [6.07, 6.45) is -0.0248. The second-order valence-electron chi connectivity index (χ2n) is 7.28. The Kier molecular flexibility index (Phi) is 5.27. The molecule has 3 aromatic heterocycles. The van der Waals surface area contributed by atoms with E-state index in [1.54, 1.807) is 17.0 Å². The Morgan fingerprint density at radius 3 is 2.57 bits per heavy atom. The van der Waals surface area contributed by atoms with Gasteiger partial charge in [-0.1, -0.05) is 0 Å². The smallest absolute Gasteiger partial charge is 0.356 e. The van der Waals surface area contributed by atoms with Gasteiger partial charge in [0.1, 0.15) is 5.82 Å². The number of nitrogens with zero attached hydrogens (tertiary/aromatic N) is 7. The number of aromatic nitrogens is 5. The van der Waals surface area contributed by atoms with E-state index in [9.17, 15) is 13.2 Å². The molecule has 0 amide bonds. The van der Waals surface area contributed by atoms with Gasteiger partial charge in [0.25, 0.3) is 5.95 Å². The fourth-order valence-electron chi connectivity index (χ4n) is 3.33. The van der Waals surface area contributed by atoms with Gasteiger partial charge in [-0.25, -0.2) is 9.97 Å². The molecule has 30 heavy (non-hydrogen) atoms. The lowest BCUT2D eigenvalue weighted by Gasteiger charge is -2.32. The number of alkyl halides is 3. The van der Waals surface area contributed by atoms with Crippen LogP contribution in [0.2, 0.25) is 0 Å². The molecule has 1 aliphatic heterocycles. The number of pyridine rings is 1. The van der Waals surface area contributed by atoms with Gasteiger partial charge in [-0.3, -0.25) is 4.98 Å². The quantitative estimate of drug-likeness (QED) is 0.636. The van der Waals surface area contributed by atoms with E-state index >= 15 is 0 Å². The summed E-state index contributed by atoms with van der Waals surface area (Å²) in [5.41, 5.74) is -0.507. The van der Waals surface area contributed by atoms with Gasteiger partial charge in [0.05, 0.1) is 5.92 Å². The summed E-state index contributed by atoms with van der Waals surface area (Å²) in [6.45, 7) is 1.01. The Labute approximate surface area is 170 Å². The van der Waals surface area contributed by atoms with E-state index in [1.807, 2.05) is 19.0 Å². The maximum absolute atomic E-state index is 13.5. The van der Waals surface area contributed by atoms with E-state index in [0.717, 1.165) is 18.9 Å². The SMILES string of the molecule is CN(C)c1noc(C2CCCN(c3cc(C(F)(F)F)nc(-c4ccncc4)n3)C2)n1. The normalized spacial score (nSPS) is 17.2. The minimum absolute atomic E-state index is 0.0111. The molecule has 8 nitrogen and oxygen atoms in total. The van der Waals surface area contributed by atoms with Crippen molar-refractivity contribution in [2.75, 3.05) is 37.0 Å². The molecule has 1 atom stereocenters. The number of piperidine rings is 1. The lowest BCUT2D eigenvalue weighted by Crippen LogP contribution is -2.35. The van der Waals surface area contributed by atoms with Gasteiger partial charge >= 0.3 is 6.18 Å². The highest BCUT2D eigenvalue weighted by Crippen LogP contribution is 2.34. The van der Waals surface area contributed by atoms with Crippen LogP contribution in [0.4, 0.5) is 24.9 Å². The van der Waals surface area contributed by atoms with E-state index in [4.69, 9.17) is 4.52 Å². The number of hydrogen-bond acceptors (Lipinski definition) is 8. The van der Waals surface area contributed by atoms with E-state index in [2.05, 4.69) is 25.1 Å². The van der Waals surface area contributed by atoms with Crippen molar-refractivity contribution < 1.29 is 17.7 Å². The molecule has 0 radical (unpaired) electrons. The van der Waals surface area contributed by atoms with Gasteiger partial charge in [-0.2, -0.15) is 18.2 Å². The van der Waals surface area contributed by atoms with E-state index < -0.39 is 11.9 Å². The molecule has 0 bridgehead atoms. The zero-order valence-electron chi connectivity index (χ0n) is 16.5. The van der Waals surface area contributed by atoms with Crippen LogP contribution in [0.25, 0.3) is 11.4 Å². The lowest BCUT2D eigenvalue weighted by molar-refractivity contribution is -0.141. The van der Waals surface area contributed by atoms with Gasteiger partial charge in [-0.15, -0.1) is 0 Å². The molecule has 11 heteroatoms. The molecule has 1 fully saturated rings. The van der Waals surface area contributed by atoms with Crippen molar-refractivity contribution in [3.8, 4) is 11.4 Å². The Morgan fingerprint density at radius 2 is 1.90 bits per heavy atom. The van der Waals surface area contributed by atoms with Crippen LogP contribution in [-0.4, -0.2) is 52.3 Å². The molecule has 0 spiro atoms. The first-order chi connectivity index (χ1) is 14.3. The molecule has 4 heterocycles. The third-order valence-electron chi connectivity index (χ3n) is 4.87. The topological polar surface area (TPSA) is 84.1 Å². The van der Waals surface area contributed by atoms with Crippen LogP contribution >= 0.6 is 0 Å². The maximum atomic E-state index is 13.5. The number of anilines is 2. The lowest BCUT2D eigenvalue weighted by atomic mass is 9.98. The molecular weight excluding hydrogens is 399 g/mol. The molecule has 1 saturated heterocycles. The van der Waals surface area contributed by atoms with Crippen molar-refractivity contribution in [1.82, 2.24) is 25.1 Å². The summed E-state index contributed by atoms with van der Waals surface area (Å²) in [6, 6.07) is 4.16. The highest BCUT2D eigenvalue weighted by atomic mass is 19.4.